The summed E-state index contributed by atoms with van der Waals surface area (Å²) >= 11 is 1.35. The van der Waals surface area contributed by atoms with Gasteiger partial charge in [-0.1, -0.05) is 62.5 Å². The molecule has 2 aromatic rings. The average Bonchev–Trinajstić information content (AvgIpc) is 3.05. The van der Waals surface area contributed by atoms with Gasteiger partial charge in [-0.15, -0.1) is 10.2 Å². The number of hydrogen-bond acceptors (Lipinski definition) is 5. The number of hydrogen-bond donors (Lipinski definition) is 1. The summed E-state index contributed by atoms with van der Waals surface area (Å²) in [4.78, 5) is 11.8. The van der Waals surface area contributed by atoms with Gasteiger partial charge in [-0.05, 0) is 37.1 Å². The van der Waals surface area contributed by atoms with Crippen LogP contribution in [0.25, 0.3) is 6.08 Å². The van der Waals surface area contributed by atoms with E-state index in [1.165, 1.54) is 49.5 Å². The number of rotatable bonds is 11. The molecule has 0 atom stereocenters. The van der Waals surface area contributed by atoms with Crippen molar-refractivity contribution in [3.05, 3.63) is 40.9 Å². The van der Waals surface area contributed by atoms with Gasteiger partial charge in [-0.25, -0.2) is 0 Å². The molecule has 0 unspecified atom stereocenters. The van der Waals surface area contributed by atoms with Crippen molar-refractivity contribution >= 4 is 28.5 Å². The van der Waals surface area contributed by atoms with Crippen molar-refractivity contribution in [2.75, 3.05) is 11.9 Å². The molecular formula is C20H27N3O2S. The van der Waals surface area contributed by atoms with Gasteiger partial charge in [0.05, 0.1) is 6.61 Å². The number of amides is 1. The molecule has 0 aliphatic rings. The van der Waals surface area contributed by atoms with Crippen molar-refractivity contribution in [1.82, 2.24) is 10.2 Å². The molecule has 0 fully saturated rings. The molecule has 0 aliphatic heterocycles. The Bertz CT molecular complexity index is 695. The van der Waals surface area contributed by atoms with E-state index in [2.05, 4.69) is 22.4 Å². The normalized spacial score (nSPS) is 11.0. The first-order chi connectivity index (χ1) is 12.7. The van der Waals surface area contributed by atoms with Gasteiger partial charge in [-0.2, -0.15) is 0 Å². The fourth-order valence-electron chi connectivity index (χ4n) is 2.41. The first kappa shape index (κ1) is 20.1. The van der Waals surface area contributed by atoms with E-state index < -0.39 is 0 Å². The van der Waals surface area contributed by atoms with Crippen molar-refractivity contribution in [3.8, 4) is 5.75 Å². The Morgan fingerprint density at radius 2 is 1.85 bits per heavy atom. The molecule has 5 nitrogen and oxygen atoms in total. The van der Waals surface area contributed by atoms with E-state index in [9.17, 15) is 4.79 Å². The largest absolute Gasteiger partial charge is 0.494 e. The second kappa shape index (κ2) is 11.4. The fraction of sp³-hybridized carbons (Fsp3) is 0.450. The number of aryl methyl sites for hydroxylation is 1. The minimum absolute atomic E-state index is 0.218. The summed E-state index contributed by atoms with van der Waals surface area (Å²) in [5.74, 6) is 0.647. The van der Waals surface area contributed by atoms with Gasteiger partial charge in [0.1, 0.15) is 10.8 Å². The summed E-state index contributed by atoms with van der Waals surface area (Å²) in [6.45, 7) is 4.83. The molecule has 0 radical (unpaired) electrons. The van der Waals surface area contributed by atoms with E-state index in [0.717, 1.165) is 29.3 Å². The van der Waals surface area contributed by atoms with E-state index in [-0.39, 0.29) is 5.91 Å². The van der Waals surface area contributed by atoms with Gasteiger partial charge in [-0.3, -0.25) is 10.1 Å². The smallest absolute Gasteiger partial charge is 0.250 e. The maximum absolute atomic E-state index is 11.8. The Hall–Kier alpha value is -2.21. The highest BCUT2D eigenvalue weighted by Crippen LogP contribution is 2.15. The van der Waals surface area contributed by atoms with Crippen LogP contribution in [0.4, 0.5) is 5.13 Å². The van der Waals surface area contributed by atoms with Crippen molar-refractivity contribution in [1.29, 1.82) is 0 Å². The van der Waals surface area contributed by atoms with Gasteiger partial charge in [0.15, 0.2) is 0 Å². The predicted octanol–water partition coefficient (Wildman–Crippen LogP) is 5.24. The highest BCUT2D eigenvalue weighted by molar-refractivity contribution is 7.15. The fourth-order valence-corrected chi connectivity index (χ4v) is 3.01. The standard InChI is InChI=1S/C20H27N3O2S/c1-3-4-5-6-7-8-15-25-18-12-9-17(10-13-18)11-14-19(24)21-20-23-22-16(2)26-20/h9-14H,3-8,15H2,1-2H3,(H,21,23,24). The van der Waals surface area contributed by atoms with Crippen LogP contribution in [0.5, 0.6) is 5.75 Å². The van der Waals surface area contributed by atoms with Crippen LogP contribution in [0.15, 0.2) is 30.3 Å². The van der Waals surface area contributed by atoms with Crippen LogP contribution in [0.2, 0.25) is 0 Å². The zero-order chi connectivity index (χ0) is 18.6. The van der Waals surface area contributed by atoms with Gasteiger partial charge in [0, 0.05) is 6.08 Å². The monoisotopic (exact) mass is 373 g/mol. The van der Waals surface area contributed by atoms with Crippen molar-refractivity contribution in [2.45, 2.75) is 52.4 Å². The Kier molecular flexibility index (Phi) is 8.83. The lowest BCUT2D eigenvalue weighted by molar-refractivity contribution is -0.111. The first-order valence-electron chi connectivity index (χ1n) is 9.19. The van der Waals surface area contributed by atoms with Crippen LogP contribution in [0.1, 0.15) is 56.0 Å². The second-order valence-corrected chi connectivity index (χ2v) is 7.32. The Labute approximate surface area is 159 Å². The van der Waals surface area contributed by atoms with Gasteiger partial charge >= 0.3 is 0 Å². The molecule has 2 rings (SSSR count). The molecule has 0 saturated heterocycles. The van der Waals surface area contributed by atoms with Gasteiger partial charge in [0.2, 0.25) is 11.0 Å². The molecule has 26 heavy (non-hydrogen) atoms. The molecule has 0 spiro atoms. The van der Waals surface area contributed by atoms with Crippen LogP contribution in [0, 0.1) is 6.92 Å². The van der Waals surface area contributed by atoms with E-state index in [1.807, 2.05) is 31.2 Å². The number of carbonyl (C=O) groups is 1. The lowest BCUT2D eigenvalue weighted by Gasteiger charge is -2.06. The van der Waals surface area contributed by atoms with Gasteiger partial charge < -0.3 is 4.74 Å². The third-order valence-electron chi connectivity index (χ3n) is 3.83. The molecule has 0 aliphatic carbocycles. The van der Waals surface area contributed by atoms with Crippen LogP contribution in [-0.4, -0.2) is 22.7 Å². The third kappa shape index (κ3) is 7.78. The Morgan fingerprint density at radius 1 is 1.12 bits per heavy atom. The van der Waals surface area contributed by atoms with Crippen LogP contribution in [0.3, 0.4) is 0 Å². The number of aromatic nitrogens is 2. The highest BCUT2D eigenvalue weighted by Gasteiger charge is 2.03. The average molecular weight is 374 g/mol. The number of nitrogens with one attached hydrogen (secondary N) is 1. The lowest BCUT2D eigenvalue weighted by Crippen LogP contribution is -2.07. The minimum atomic E-state index is -0.218. The van der Waals surface area contributed by atoms with Crippen LogP contribution >= 0.6 is 11.3 Å². The molecule has 1 aromatic heterocycles. The Morgan fingerprint density at radius 3 is 2.54 bits per heavy atom. The summed E-state index contributed by atoms with van der Waals surface area (Å²) in [7, 11) is 0. The Balaban J connectivity index is 1.68. The maximum Gasteiger partial charge on any atom is 0.250 e. The third-order valence-corrected chi connectivity index (χ3v) is 4.58. The number of carbonyl (C=O) groups excluding carboxylic acids is 1. The number of unbranched alkanes of at least 4 members (excludes halogenated alkanes) is 5. The zero-order valence-corrected chi connectivity index (χ0v) is 16.3. The van der Waals surface area contributed by atoms with Crippen LogP contribution in [-0.2, 0) is 4.79 Å². The lowest BCUT2D eigenvalue weighted by atomic mass is 10.1. The molecule has 0 bridgehead atoms. The van der Waals surface area contributed by atoms with Crippen molar-refractivity contribution < 1.29 is 9.53 Å². The summed E-state index contributed by atoms with van der Waals surface area (Å²) in [6.07, 6.45) is 10.8. The number of ether oxygens (including phenoxy) is 1. The van der Waals surface area contributed by atoms with Gasteiger partial charge in [0.25, 0.3) is 0 Å². The van der Waals surface area contributed by atoms with E-state index >= 15 is 0 Å². The summed E-state index contributed by atoms with van der Waals surface area (Å²) in [6, 6.07) is 7.75. The van der Waals surface area contributed by atoms with Crippen LogP contribution < -0.4 is 10.1 Å². The minimum Gasteiger partial charge on any atom is -0.494 e. The summed E-state index contributed by atoms with van der Waals surface area (Å²) in [5, 5.41) is 11.7. The molecule has 1 aromatic carbocycles. The molecule has 1 amide bonds. The van der Waals surface area contributed by atoms with E-state index in [0.29, 0.717) is 5.13 Å². The molecule has 1 N–H and O–H groups in total. The molecule has 0 saturated carbocycles. The summed E-state index contributed by atoms with van der Waals surface area (Å²) < 4.78 is 5.76. The second-order valence-electron chi connectivity index (χ2n) is 6.13. The molecular weight excluding hydrogens is 346 g/mol. The van der Waals surface area contributed by atoms with Crippen molar-refractivity contribution in [3.63, 3.8) is 0 Å². The van der Waals surface area contributed by atoms with E-state index in [4.69, 9.17) is 4.74 Å². The zero-order valence-electron chi connectivity index (χ0n) is 15.5. The predicted molar refractivity (Wildman–Crippen MR) is 108 cm³/mol. The number of benzene rings is 1. The highest BCUT2D eigenvalue weighted by atomic mass is 32.1. The maximum atomic E-state index is 11.8. The molecule has 140 valence electrons. The first-order valence-corrected chi connectivity index (χ1v) is 10.0. The number of nitrogens with zero attached hydrogens (tertiary/aromatic N) is 2. The van der Waals surface area contributed by atoms with E-state index in [1.54, 1.807) is 6.08 Å². The molecule has 1 heterocycles. The van der Waals surface area contributed by atoms with Crippen molar-refractivity contribution in [2.24, 2.45) is 0 Å². The summed E-state index contributed by atoms with van der Waals surface area (Å²) in [5.41, 5.74) is 0.945. The SMILES string of the molecule is CCCCCCCCOc1ccc(C=CC(=O)Nc2nnc(C)s2)cc1. The molecule has 6 heteroatoms. The quantitative estimate of drug-likeness (QED) is 0.432. The topological polar surface area (TPSA) is 64.1 Å². The number of anilines is 1.